The maximum absolute atomic E-state index is 12.5. The van der Waals surface area contributed by atoms with Gasteiger partial charge in [-0.15, -0.1) is 11.3 Å². The normalized spacial score (nSPS) is 11.8. The number of hydrogen-bond donors (Lipinski definition) is 2. The van der Waals surface area contributed by atoms with Crippen LogP contribution in [0.15, 0.2) is 12.4 Å². The van der Waals surface area contributed by atoms with Crippen LogP contribution in [0.3, 0.4) is 0 Å². The number of carbonyl (C=O) groups excluding carboxylic acids is 1. The van der Waals surface area contributed by atoms with Crippen molar-refractivity contribution in [2.75, 3.05) is 18.8 Å². The first-order valence-corrected chi connectivity index (χ1v) is 7.15. The van der Waals surface area contributed by atoms with Gasteiger partial charge in [0.2, 0.25) is 0 Å². The molecule has 1 amide bonds. The molecule has 108 valence electrons. The van der Waals surface area contributed by atoms with Crippen molar-refractivity contribution < 1.29 is 9.90 Å². The van der Waals surface area contributed by atoms with Crippen molar-refractivity contribution >= 4 is 33.3 Å². The first kappa shape index (κ1) is 14.7. The molecule has 0 bridgehead atoms. The van der Waals surface area contributed by atoms with E-state index < -0.39 is 5.60 Å². The lowest BCUT2D eigenvalue weighted by atomic mass is 10.1. The van der Waals surface area contributed by atoms with E-state index >= 15 is 0 Å². The molecule has 20 heavy (non-hydrogen) atoms. The third-order valence-electron chi connectivity index (χ3n) is 2.80. The zero-order chi connectivity index (χ0) is 14.9. The van der Waals surface area contributed by atoms with Crippen LogP contribution >= 0.6 is 11.3 Å². The molecule has 6 nitrogen and oxygen atoms in total. The molecule has 2 aromatic heterocycles. The molecule has 0 aliphatic heterocycles. The Labute approximate surface area is 121 Å². The van der Waals surface area contributed by atoms with Gasteiger partial charge in [-0.2, -0.15) is 0 Å². The van der Waals surface area contributed by atoms with Gasteiger partial charge in [0, 0.05) is 25.5 Å². The van der Waals surface area contributed by atoms with Crippen LogP contribution in [-0.4, -0.2) is 44.6 Å². The van der Waals surface area contributed by atoms with Crippen molar-refractivity contribution in [3.8, 4) is 0 Å². The number of nitrogens with zero attached hydrogens (tertiary/aromatic N) is 3. The Morgan fingerprint density at radius 3 is 2.65 bits per heavy atom. The van der Waals surface area contributed by atoms with Crippen LogP contribution in [0.5, 0.6) is 0 Å². The first-order chi connectivity index (χ1) is 9.33. The predicted octanol–water partition coefficient (Wildman–Crippen LogP) is 1.51. The third-order valence-corrected chi connectivity index (χ3v) is 3.89. The zero-order valence-corrected chi connectivity index (χ0v) is 12.6. The second kappa shape index (κ2) is 5.34. The summed E-state index contributed by atoms with van der Waals surface area (Å²) in [7, 11) is 0. The van der Waals surface area contributed by atoms with Gasteiger partial charge in [0.05, 0.1) is 11.3 Å². The molecular weight excluding hydrogens is 276 g/mol. The predicted molar refractivity (Wildman–Crippen MR) is 79.7 cm³/mol. The number of fused-ring (bicyclic) bond motifs is 1. The Kier molecular flexibility index (Phi) is 3.92. The van der Waals surface area contributed by atoms with Gasteiger partial charge in [-0.3, -0.25) is 4.79 Å². The summed E-state index contributed by atoms with van der Waals surface area (Å²) in [5.41, 5.74) is 5.96. The van der Waals surface area contributed by atoms with Crippen molar-refractivity contribution in [1.82, 2.24) is 14.9 Å². The lowest BCUT2D eigenvalue weighted by molar-refractivity contribution is 0.0318. The van der Waals surface area contributed by atoms with Gasteiger partial charge in [0.1, 0.15) is 15.2 Å². The monoisotopic (exact) mass is 294 g/mol. The molecular formula is C13H18N4O2S. The van der Waals surface area contributed by atoms with Crippen molar-refractivity contribution in [3.05, 3.63) is 17.3 Å². The zero-order valence-electron chi connectivity index (χ0n) is 11.8. The second-order valence-corrected chi connectivity index (χ2v) is 6.19. The Hall–Kier alpha value is -1.73. The average molecular weight is 294 g/mol. The second-order valence-electron chi connectivity index (χ2n) is 5.19. The van der Waals surface area contributed by atoms with Crippen molar-refractivity contribution in [2.24, 2.45) is 0 Å². The number of rotatable bonds is 4. The molecule has 3 N–H and O–H groups in total. The summed E-state index contributed by atoms with van der Waals surface area (Å²) < 4.78 is 0. The van der Waals surface area contributed by atoms with Crippen LogP contribution in [0.25, 0.3) is 10.3 Å². The van der Waals surface area contributed by atoms with Crippen LogP contribution in [0.4, 0.5) is 5.69 Å². The van der Waals surface area contributed by atoms with E-state index in [0.29, 0.717) is 27.5 Å². The standard InChI is InChI=1S/C13H18N4O2S/c1-4-17(7-13(2,3)19)12(18)10-8(14)9-11(20-10)16-6-5-15-9/h5-6,19H,4,7,14H2,1-3H3. The molecule has 0 unspecified atom stereocenters. The summed E-state index contributed by atoms with van der Waals surface area (Å²) >= 11 is 1.23. The fourth-order valence-corrected chi connectivity index (χ4v) is 2.93. The van der Waals surface area contributed by atoms with Crippen molar-refractivity contribution in [1.29, 1.82) is 0 Å². The summed E-state index contributed by atoms with van der Waals surface area (Å²) in [6, 6.07) is 0. The van der Waals surface area contributed by atoms with Gasteiger partial charge in [-0.25, -0.2) is 9.97 Å². The van der Waals surface area contributed by atoms with Gasteiger partial charge >= 0.3 is 0 Å². The minimum Gasteiger partial charge on any atom is -0.396 e. The van der Waals surface area contributed by atoms with Gasteiger partial charge in [0.25, 0.3) is 5.91 Å². The maximum Gasteiger partial charge on any atom is 0.266 e. The van der Waals surface area contributed by atoms with E-state index in [9.17, 15) is 9.90 Å². The lowest BCUT2D eigenvalue weighted by Crippen LogP contribution is -2.42. The highest BCUT2D eigenvalue weighted by atomic mass is 32.1. The molecule has 2 rings (SSSR count). The molecule has 0 saturated heterocycles. The number of thiophene rings is 1. The molecule has 7 heteroatoms. The fourth-order valence-electron chi connectivity index (χ4n) is 1.94. The lowest BCUT2D eigenvalue weighted by Gasteiger charge is -2.27. The minimum atomic E-state index is -0.951. The molecule has 0 saturated carbocycles. The molecule has 0 atom stereocenters. The number of carbonyl (C=O) groups is 1. The summed E-state index contributed by atoms with van der Waals surface area (Å²) in [6.45, 7) is 5.94. The van der Waals surface area contributed by atoms with Crippen LogP contribution < -0.4 is 5.73 Å². The van der Waals surface area contributed by atoms with Crippen LogP contribution in [0.1, 0.15) is 30.4 Å². The SMILES string of the molecule is CCN(CC(C)(C)O)C(=O)c1sc2nccnc2c1N. The van der Waals surface area contributed by atoms with Crippen LogP contribution in [-0.2, 0) is 0 Å². The number of likely N-dealkylation sites (N-methyl/N-ethyl adjacent to an activating group) is 1. The first-order valence-electron chi connectivity index (χ1n) is 6.34. The highest BCUT2D eigenvalue weighted by Gasteiger charge is 2.26. The van der Waals surface area contributed by atoms with E-state index in [2.05, 4.69) is 9.97 Å². The molecule has 0 aromatic carbocycles. The minimum absolute atomic E-state index is 0.197. The van der Waals surface area contributed by atoms with Crippen molar-refractivity contribution in [3.63, 3.8) is 0 Å². The third kappa shape index (κ3) is 2.88. The Morgan fingerprint density at radius 1 is 1.45 bits per heavy atom. The van der Waals surface area contributed by atoms with E-state index in [1.165, 1.54) is 11.3 Å². The van der Waals surface area contributed by atoms with Gasteiger partial charge in [0.15, 0.2) is 0 Å². The summed E-state index contributed by atoms with van der Waals surface area (Å²) in [6.07, 6.45) is 3.12. The Morgan fingerprint density at radius 2 is 2.10 bits per heavy atom. The van der Waals surface area contributed by atoms with E-state index in [1.807, 2.05) is 6.92 Å². The van der Waals surface area contributed by atoms with E-state index in [-0.39, 0.29) is 12.5 Å². The number of aromatic nitrogens is 2. The summed E-state index contributed by atoms with van der Waals surface area (Å²) in [5.74, 6) is -0.197. The average Bonchev–Trinajstić information content (AvgIpc) is 2.72. The topological polar surface area (TPSA) is 92.3 Å². The van der Waals surface area contributed by atoms with Gasteiger partial charge in [-0.1, -0.05) is 0 Å². The van der Waals surface area contributed by atoms with Crippen LogP contribution in [0.2, 0.25) is 0 Å². The highest BCUT2D eigenvalue weighted by Crippen LogP contribution is 2.31. The molecule has 0 aliphatic rings. The number of aliphatic hydroxyl groups is 1. The highest BCUT2D eigenvalue weighted by molar-refractivity contribution is 7.21. The summed E-state index contributed by atoms with van der Waals surface area (Å²) in [4.78, 5) is 23.5. The quantitative estimate of drug-likeness (QED) is 0.891. The van der Waals surface area contributed by atoms with Gasteiger partial charge in [-0.05, 0) is 20.8 Å². The van der Waals surface area contributed by atoms with E-state index in [1.54, 1.807) is 31.1 Å². The molecule has 0 fully saturated rings. The summed E-state index contributed by atoms with van der Waals surface area (Å²) in [5, 5.41) is 9.88. The fraction of sp³-hybridized carbons (Fsp3) is 0.462. The molecule has 2 aromatic rings. The molecule has 0 aliphatic carbocycles. The largest absolute Gasteiger partial charge is 0.396 e. The van der Waals surface area contributed by atoms with E-state index in [4.69, 9.17) is 5.73 Å². The molecule has 2 heterocycles. The Balaban J connectivity index is 2.37. The number of nitrogen functional groups attached to an aromatic ring is 1. The number of amides is 1. The molecule has 0 radical (unpaired) electrons. The maximum atomic E-state index is 12.5. The molecule has 0 spiro atoms. The van der Waals surface area contributed by atoms with E-state index in [0.717, 1.165) is 0 Å². The van der Waals surface area contributed by atoms with Crippen LogP contribution in [0, 0.1) is 0 Å². The number of nitrogens with two attached hydrogens (primary N) is 1. The number of anilines is 1. The Bertz CT molecular complexity index is 633. The smallest absolute Gasteiger partial charge is 0.266 e. The van der Waals surface area contributed by atoms with Gasteiger partial charge < -0.3 is 15.7 Å². The van der Waals surface area contributed by atoms with Crippen molar-refractivity contribution in [2.45, 2.75) is 26.4 Å². The number of hydrogen-bond acceptors (Lipinski definition) is 6.